The zero-order valence-electron chi connectivity index (χ0n) is 8.62. The van der Waals surface area contributed by atoms with Crippen molar-refractivity contribution in [3.8, 4) is 0 Å². The zero-order chi connectivity index (χ0) is 10.4. The predicted octanol–water partition coefficient (Wildman–Crippen LogP) is 2.40. The maximum atomic E-state index is 11.0. The first-order valence-corrected chi connectivity index (χ1v) is 6.07. The van der Waals surface area contributed by atoms with Gasteiger partial charge in [0.05, 0.1) is 5.69 Å². The summed E-state index contributed by atoms with van der Waals surface area (Å²) in [6.07, 6.45) is 5.67. The Labute approximate surface area is 91.8 Å². The summed E-state index contributed by atoms with van der Waals surface area (Å²) in [4.78, 5) is 17.9. The molecule has 15 heavy (non-hydrogen) atoms. The third-order valence-electron chi connectivity index (χ3n) is 3.05. The quantitative estimate of drug-likeness (QED) is 0.692. The summed E-state index contributed by atoms with van der Waals surface area (Å²) >= 11 is 1.74. The van der Waals surface area contributed by atoms with Gasteiger partial charge in [0, 0.05) is 10.6 Å². The number of carbonyl (C=O) groups excluding carboxylic acids is 1. The van der Waals surface area contributed by atoms with E-state index in [2.05, 4.69) is 9.38 Å². The van der Waals surface area contributed by atoms with Crippen molar-refractivity contribution in [2.75, 3.05) is 0 Å². The van der Waals surface area contributed by atoms with Crippen molar-refractivity contribution in [2.24, 2.45) is 0 Å². The van der Waals surface area contributed by atoms with Crippen molar-refractivity contribution in [3.63, 3.8) is 0 Å². The topological polar surface area (TPSA) is 34.4 Å². The Morgan fingerprint density at radius 1 is 1.40 bits per heavy atom. The van der Waals surface area contributed by atoms with E-state index < -0.39 is 0 Å². The number of rotatable bonds is 1. The molecule has 3 nitrogen and oxygen atoms in total. The van der Waals surface area contributed by atoms with Crippen molar-refractivity contribution in [3.05, 3.63) is 22.0 Å². The largest absolute Gasteiger partial charge is 0.296 e. The molecule has 1 aliphatic rings. The van der Waals surface area contributed by atoms with Crippen LogP contribution in [0.4, 0.5) is 0 Å². The van der Waals surface area contributed by atoms with Crippen LogP contribution in [0.1, 0.15) is 39.6 Å². The third kappa shape index (κ3) is 1.17. The fourth-order valence-electron chi connectivity index (χ4n) is 2.30. The van der Waals surface area contributed by atoms with Gasteiger partial charge in [0.25, 0.3) is 0 Å². The van der Waals surface area contributed by atoms with Gasteiger partial charge in [-0.05, 0) is 32.6 Å². The molecule has 0 radical (unpaired) electrons. The SMILES string of the molecule is Cc1nc2sc3c(n2c1C=O)CCCC3. The number of thiazole rings is 1. The molecule has 0 saturated carbocycles. The Kier molecular flexibility index (Phi) is 1.92. The Balaban J connectivity index is 2.36. The molecule has 3 rings (SSSR count). The molecule has 78 valence electrons. The van der Waals surface area contributed by atoms with E-state index in [9.17, 15) is 4.79 Å². The fourth-order valence-corrected chi connectivity index (χ4v) is 3.56. The van der Waals surface area contributed by atoms with Gasteiger partial charge in [0.1, 0.15) is 5.69 Å². The number of aldehydes is 1. The van der Waals surface area contributed by atoms with Crippen molar-refractivity contribution in [1.82, 2.24) is 9.38 Å². The minimum Gasteiger partial charge on any atom is -0.296 e. The van der Waals surface area contributed by atoms with E-state index in [1.807, 2.05) is 6.92 Å². The second-order valence-electron chi connectivity index (χ2n) is 4.00. The average molecular weight is 220 g/mol. The van der Waals surface area contributed by atoms with Gasteiger partial charge in [-0.3, -0.25) is 9.20 Å². The Morgan fingerprint density at radius 3 is 3.00 bits per heavy atom. The average Bonchev–Trinajstić information content (AvgIpc) is 2.72. The van der Waals surface area contributed by atoms with Gasteiger partial charge in [0.15, 0.2) is 11.2 Å². The van der Waals surface area contributed by atoms with Crippen LogP contribution in [0.5, 0.6) is 0 Å². The molecule has 1 aliphatic carbocycles. The highest BCUT2D eigenvalue weighted by molar-refractivity contribution is 7.17. The monoisotopic (exact) mass is 220 g/mol. The number of nitrogens with zero attached hydrogens (tertiary/aromatic N) is 2. The summed E-state index contributed by atoms with van der Waals surface area (Å²) in [7, 11) is 0. The summed E-state index contributed by atoms with van der Waals surface area (Å²) in [6, 6.07) is 0. The van der Waals surface area contributed by atoms with E-state index in [1.165, 1.54) is 23.4 Å². The van der Waals surface area contributed by atoms with E-state index in [0.717, 1.165) is 35.5 Å². The highest BCUT2D eigenvalue weighted by atomic mass is 32.1. The molecule has 0 unspecified atom stereocenters. The molecule has 0 fully saturated rings. The molecule has 2 aromatic heterocycles. The molecule has 0 aromatic carbocycles. The molecule has 0 bridgehead atoms. The van der Waals surface area contributed by atoms with Crippen molar-refractivity contribution >= 4 is 22.6 Å². The summed E-state index contributed by atoms with van der Waals surface area (Å²) in [5, 5.41) is 0. The first-order valence-electron chi connectivity index (χ1n) is 5.26. The summed E-state index contributed by atoms with van der Waals surface area (Å²) in [5.41, 5.74) is 2.91. The molecule has 0 spiro atoms. The van der Waals surface area contributed by atoms with E-state index in [4.69, 9.17) is 0 Å². The van der Waals surface area contributed by atoms with Crippen molar-refractivity contribution in [1.29, 1.82) is 0 Å². The van der Waals surface area contributed by atoms with Gasteiger partial charge >= 0.3 is 0 Å². The summed E-state index contributed by atoms with van der Waals surface area (Å²) in [5.74, 6) is 0. The number of aromatic nitrogens is 2. The van der Waals surface area contributed by atoms with Crippen LogP contribution < -0.4 is 0 Å². The van der Waals surface area contributed by atoms with Crippen LogP contribution >= 0.6 is 11.3 Å². The molecule has 4 heteroatoms. The standard InChI is InChI=1S/C11H12N2OS/c1-7-9(6-14)13-8-4-2-3-5-10(8)15-11(13)12-7/h6H,2-5H2,1H3. The molecule has 0 amide bonds. The highest BCUT2D eigenvalue weighted by Gasteiger charge is 2.20. The second kappa shape index (κ2) is 3.17. The Hall–Kier alpha value is -1.16. The van der Waals surface area contributed by atoms with Gasteiger partial charge in [-0.15, -0.1) is 11.3 Å². The number of hydrogen-bond acceptors (Lipinski definition) is 3. The first kappa shape index (κ1) is 9.09. The first-order chi connectivity index (χ1) is 7.31. The normalized spacial score (nSPS) is 15.5. The minimum absolute atomic E-state index is 0.740. The lowest BCUT2D eigenvalue weighted by Crippen LogP contribution is -2.04. The van der Waals surface area contributed by atoms with Gasteiger partial charge in [-0.1, -0.05) is 0 Å². The highest BCUT2D eigenvalue weighted by Crippen LogP contribution is 2.31. The Morgan fingerprint density at radius 2 is 2.20 bits per heavy atom. The van der Waals surface area contributed by atoms with Crippen molar-refractivity contribution in [2.45, 2.75) is 32.6 Å². The van der Waals surface area contributed by atoms with Gasteiger partial charge < -0.3 is 0 Å². The minimum atomic E-state index is 0.740. The molecule has 2 aromatic rings. The second-order valence-corrected chi connectivity index (χ2v) is 5.06. The predicted molar refractivity (Wildman–Crippen MR) is 59.8 cm³/mol. The van der Waals surface area contributed by atoms with Crippen LogP contribution in [-0.4, -0.2) is 15.7 Å². The van der Waals surface area contributed by atoms with Crippen LogP contribution in [0.15, 0.2) is 0 Å². The Bertz CT molecular complexity index is 538. The molecular formula is C11H12N2OS. The summed E-state index contributed by atoms with van der Waals surface area (Å²) < 4.78 is 2.06. The van der Waals surface area contributed by atoms with Crippen LogP contribution in [0.25, 0.3) is 4.96 Å². The van der Waals surface area contributed by atoms with Crippen LogP contribution in [0.3, 0.4) is 0 Å². The van der Waals surface area contributed by atoms with Gasteiger partial charge in [0.2, 0.25) is 0 Å². The molecule has 0 aliphatic heterocycles. The smallest absolute Gasteiger partial charge is 0.194 e. The fraction of sp³-hybridized carbons (Fsp3) is 0.455. The lowest BCUT2D eigenvalue weighted by atomic mass is 10.0. The van der Waals surface area contributed by atoms with E-state index in [1.54, 1.807) is 11.3 Å². The maximum Gasteiger partial charge on any atom is 0.194 e. The van der Waals surface area contributed by atoms with Crippen LogP contribution in [-0.2, 0) is 12.8 Å². The van der Waals surface area contributed by atoms with Gasteiger partial charge in [-0.2, -0.15) is 0 Å². The lowest BCUT2D eigenvalue weighted by molar-refractivity contribution is 0.111. The number of imidazole rings is 1. The van der Waals surface area contributed by atoms with Gasteiger partial charge in [-0.25, -0.2) is 4.98 Å². The number of aryl methyl sites for hydroxylation is 3. The van der Waals surface area contributed by atoms with Crippen molar-refractivity contribution < 1.29 is 4.79 Å². The molecule has 0 atom stereocenters. The van der Waals surface area contributed by atoms with Crippen LogP contribution in [0.2, 0.25) is 0 Å². The third-order valence-corrected chi connectivity index (χ3v) is 4.19. The summed E-state index contributed by atoms with van der Waals surface area (Å²) in [6.45, 7) is 1.90. The maximum absolute atomic E-state index is 11.0. The zero-order valence-corrected chi connectivity index (χ0v) is 9.43. The molecule has 0 N–H and O–H groups in total. The van der Waals surface area contributed by atoms with E-state index >= 15 is 0 Å². The van der Waals surface area contributed by atoms with E-state index in [0.29, 0.717) is 0 Å². The number of carbonyl (C=O) groups is 1. The van der Waals surface area contributed by atoms with Crippen LogP contribution in [0, 0.1) is 6.92 Å². The number of fused-ring (bicyclic) bond motifs is 3. The molecule has 0 saturated heterocycles. The molecule has 2 heterocycles. The lowest BCUT2D eigenvalue weighted by Gasteiger charge is -2.10. The van der Waals surface area contributed by atoms with E-state index in [-0.39, 0.29) is 0 Å². The number of hydrogen-bond donors (Lipinski definition) is 0. The molecular weight excluding hydrogens is 208 g/mol.